The third kappa shape index (κ3) is 11.7. The second-order valence-corrected chi connectivity index (χ2v) is 13.4. The summed E-state index contributed by atoms with van der Waals surface area (Å²) in [7, 11) is 0. The highest BCUT2D eigenvalue weighted by molar-refractivity contribution is 5.67. The summed E-state index contributed by atoms with van der Waals surface area (Å²) < 4.78 is 103. The normalized spacial score (nSPS) is 11.9. The Balaban J connectivity index is 0.994. The van der Waals surface area contributed by atoms with Crippen LogP contribution in [-0.4, -0.2) is 19.8 Å². The van der Waals surface area contributed by atoms with Gasteiger partial charge in [0, 0.05) is 34.4 Å². The molecule has 0 amide bonds. The zero-order valence-electron chi connectivity index (χ0n) is 30.4. The predicted octanol–water partition coefficient (Wildman–Crippen LogP) is 13.3. The maximum atomic E-state index is 14.7. The molecule has 4 aromatic rings. The molecular formula is C43H50F6O3. The first-order valence-corrected chi connectivity index (χ1v) is 18.5. The fraction of sp³-hybridized carbons (Fsp3) is 0.442. The maximum absolute atomic E-state index is 14.7. The summed E-state index contributed by atoms with van der Waals surface area (Å²) in [6.45, 7) is 6.56. The van der Waals surface area contributed by atoms with Crippen molar-refractivity contribution in [3.8, 4) is 39.5 Å². The van der Waals surface area contributed by atoms with Gasteiger partial charge in [0.1, 0.15) is 23.1 Å². The van der Waals surface area contributed by atoms with Crippen molar-refractivity contribution in [2.75, 3.05) is 19.8 Å². The summed E-state index contributed by atoms with van der Waals surface area (Å²) in [4.78, 5) is 0. The fourth-order valence-electron chi connectivity index (χ4n) is 6.24. The van der Waals surface area contributed by atoms with Crippen molar-refractivity contribution in [2.45, 2.75) is 97.8 Å². The molecule has 0 radical (unpaired) electrons. The van der Waals surface area contributed by atoms with E-state index >= 15 is 0 Å². The number of hydrogen-bond donors (Lipinski definition) is 0. The molecule has 52 heavy (non-hydrogen) atoms. The van der Waals surface area contributed by atoms with E-state index in [0.29, 0.717) is 30.6 Å². The van der Waals surface area contributed by atoms with E-state index in [9.17, 15) is 26.3 Å². The van der Waals surface area contributed by atoms with Crippen LogP contribution in [0.2, 0.25) is 0 Å². The first kappa shape index (κ1) is 40.6. The highest BCUT2D eigenvalue weighted by Gasteiger charge is 2.19. The van der Waals surface area contributed by atoms with Gasteiger partial charge >= 0.3 is 0 Å². The third-order valence-corrected chi connectivity index (χ3v) is 9.30. The number of hydrogen-bond acceptors (Lipinski definition) is 3. The molecule has 0 aliphatic heterocycles. The molecule has 0 heterocycles. The minimum Gasteiger partial charge on any atom is -0.493 e. The van der Waals surface area contributed by atoms with Gasteiger partial charge in [-0.15, -0.1) is 0 Å². The van der Waals surface area contributed by atoms with Crippen LogP contribution in [-0.2, 0) is 0 Å². The van der Waals surface area contributed by atoms with Crippen molar-refractivity contribution < 1.29 is 40.6 Å². The average molecular weight is 729 g/mol. The summed E-state index contributed by atoms with van der Waals surface area (Å²) in [5.74, 6) is -4.44. The third-order valence-electron chi connectivity index (χ3n) is 9.30. The zero-order chi connectivity index (χ0) is 37.5. The Morgan fingerprint density at radius 3 is 1.42 bits per heavy atom. The van der Waals surface area contributed by atoms with Crippen LogP contribution in [0, 0.1) is 47.7 Å². The standard InChI is InChI=1S/C43H50F6O3/c1-4-50-39-24-23-36(42(48)43(39)49)34-22-19-32(28-38(34)45)52-26-14-10-6-8-12-16-29(2)15-11-7-5-9-13-25-51-31-18-21-33(37(44)27-31)35-20-17-30(3)40(46)41(35)47/h17-24,27-29H,4-16,25-26H2,1-3H3. The lowest BCUT2D eigenvalue weighted by Gasteiger charge is -2.12. The molecule has 4 rings (SSSR count). The van der Waals surface area contributed by atoms with Gasteiger partial charge in [-0.2, -0.15) is 4.39 Å². The number of benzene rings is 4. The van der Waals surface area contributed by atoms with Crippen LogP contribution in [0.15, 0.2) is 60.7 Å². The molecule has 0 aromatic heterocycles. The van der Waals surface area contributed by atoms with Crippen molar-refractivity contribution in [3.05, 3.63) is 101 Å². The second-order valence-electron chi connectivity index (χ2n) is 13.4. The number of rotatable bonds is 22. The van der Waals surface area contributed by atoms with Gasteiger partial charge in [0.2, 0.25) is 5.82 Å². The predicted molar refractivity (Wildman–Crippen MR) is 195 cm³/mol. The average Bonchev–Trinajstić information content (AvgIpc) is 3.12. The summed E-state index contributed by atoms with van der Waals surface area (Å²) in [5.41, 5.74) is -0.139. The van der Waals surface area contributed by atoms with Gasteiger partial charge in [0.25, 0.3) is 0 Å². The highest BCUT2D eigenvalue weighted by Crippen LogP contribution is 2.33. The molecule has 3 nitrogen and oxygen atoms in total. The quantitative estimate of drug-likeness (QED) is 0.0596. The van der Waals surface area contributed by atoms with E-state index in [1.54, 1.807) is 19.1 Å². The molecule has 0 aliphatic rings. The zero-order valence-corrected chi connectivity index (χ0v) is 30.4. The van der Waals surface area contributed by atoms with Gasteiger partial charge in [0.05, 0.1) is 19.8 Å². The summed E-state index contributed by atoms with van der Waals surface area (Å²) in [5, 5.41) is 0. The van der Waals surface area contributed by atoms with E-state index in [4.69, 9.17) is 14.2 Å². The van der Waals surface area contributed by atoms with Gasteiger partial charge in [-0.3, -0.25) is 0 Å². The molecule has 0 fully saturated rings. The number of aryl methyl sites for hydroxylation is 1. The summed E-state index contributed by atoms with van der Waals surface area (Å²) >= 11 is 0. The Hall–Kier alpha value is -4.14. The molecule has 0 bridgehead atoms. The lowest BCUT2D eigenvalue weighted by molar-refractivity contribution is 0.302. The minimum absolute atomic E-state index is 0.00249. The largest absolute Gasteiger partial charge is 0.493 e. The van der Waals surface area contributed by atoms with Gasteiger partial charge in [-0.05, 0) is 74.6 Å². The van der Waals surface area contributed by atoms with Crippen molar-refractivity contribution in [3.63, 3.8) is 0 Å². The fourth-order valence-corrected chi connectivity index (χ4v) is 6.24. The first-order valence-electron chi connectivity index (χ1n) is 18.5. The van der Waals surface area contributed by atoms with E-state index in [2.05, 4.69) is 6.92 Å². The van der Waals surface area contributed by atoms with Crippen molar-refractivity contribution in [1.82, 2.24) is 0 Å². The van der Waals surface area contributed by atoms with Gasteiger partial charge in [0.15, 0.2) is 23.2 Å². The Morgan fingerprint density at radius 2 is 0.923 bits per heavy atom. The molecule has 0 spiro atoms. The Kier molecular flexibility index (Phi) is 16.2. The Bertz CT molecular complexity index is 1730. The molecular weight excluding hydrogens is 678 g/mol. The van der Waals surface area contributed by atoms with Crippen molar-refractivity contribution in [2.24, 2.45) is 5.92 Å². The van der Waals surface area contributed by atoms with Crippen molar-refractivity contribution in [1.29, 1.82) is 0 Å². The molecule has 4 aromatic carbocycles. The van der Waals surface area contributed by atoms with Crippen LogP contribution in [0.3, 0.4) is 0 Å². The van der Waals surface area contributed by atoms with E-state index < -0.39 is 34.9 Å². The highest BCUT2D eigenvalue weighted by atomic mass is 19.2. The molecule has 1 unspecified atom stereocenters. The van der Waals surface area contributed by atoms with E-state index in [-0.39, 0.29) is 40.2 Å². The van der Waals surface area contributed by atoms with E-state index in [1.807, 2.05) is 0 Å². The Labute approximate surface area is 304 Å². The SMILES string of the molecule is CCOc1ccc(-c2ccc(OCCCCCCCC(C)CCCCCCCOc3ccc(-c4ccc(C)c(F)c4F)c(F)c3)cc2F)c(F)c1F. The summed E-state index contributed by atoms with van der Waals surface area (Å²) in [6.07, 6.45) is 13.1. The molecule has 9 heteroatoms. The molecule has 282 valence electrons. The minimum atomic E-state index is -1.15. The van der Waals surface area contributed by atoms with Gasteiger partial charge < -0.3 is 14.2 Å². The van der Waals surface area contributed by atoms with Crippen LogP contribution >= 0.6 is 0 Å². The van der Waals surface area contributed by atoms with E-state index in [1.165, 1.54) is 81.1 Å². The van der Waals surface area contributed by atoms with Crippen LogP contribution in [0.5, 0.6) is 17.2 Å². The monoisotopic (exact) mass is 728 g/mol. The first-order chi connectivity index (χ1) is 25.1. The van der Waals surface area contributed by atoms with E-state index in [0.717, 1.165) is 51.4 Å². The van der Waals surface area contributed by atoms with Gasteiger partial charge in [-0.25, -0.2) is 22.0 Å². The lowest BCUT2D eigenvalue weighted by Crippen LogP contribution is -2.00. The van der Waals surface area contributed by atoms with Crippen LogP contribution in [0.25, 0.3) is 22.3 Å². The topological polar surface area (TPSA) is 27.7 Å². The molecule has 0 aliphatic carbocycles. The van der Waals surface area contributed by atoms with Crippen molar-refractivity contribution >= 4 is 0 Å². The maximum Gasteiger partial charge on any atom is 0.201 e. The number of unbranched alkanes of at least 4 members (excludes halogenated alkanes) is 8. The molecule has 0 N–H and O–H groups in total. The van der Waals surface area contributed by atoms with Gasteiger partial charge in [-0.1, -0.05) is 83.3 Å². The number of ether oxygens (including phenoxy) is 3. The lowest BCUT2D eigenvalue weighted by atomic mass is 9.96. The molecule has 1 atom stereocenters. The molecule has 0 saturated heterocycles. The number of halogens is 6. The van der Waals surface area contributed by atoms with Crippen LogP contribution < -0.4 is 14.2 Å². The molecule has 0 saturated carbocycles. The second kappa shape index (κ2) is 20.8. The van der Waals surface area contributed by atoms with Crippen LogP contribution in [0.4, 0.5) is 26.3 Å². The Morgan fingerprint density at radius 1 is 0.481 bits per heavy atom. The van der Waals surface area contributed by atoms with Crippen LogP contribution in [0.1, 0.15) is 96.5 Å². The summed E-state index contributed by atoms with van der Waals surface area (Å²) in [6, 6.07) is 13.8. The smallest absolute Gasteiger partial charge is 0.201 e.